The van der Waals surface area contributed by atoms with Crippen molar-refractivity contribution in [3.05, 3.63) is 0 Å². The molecular weight excluding hydrogens is 200 g/mol. The van der Waals surface area contributed by atoms with Gasteiger partial charge in [0.05, 0.1) is 13.1 Å². The van der Waals surface area contributed by atoms with Gasteiger partial charge in [0.25, 0.3) is 0 Å². The van der Waals surface area contributed by atoms with Crippen molar-refractivity contribution < 1.29 is 4.79 Å². The smallest absolute Gasteiger partial charge is 0.223 e. The number of nitrogens with zero attached hydrogens (tertiary/aromatic N) is 2. The number of likely N-dealkylation sites (tertiary alicyclic amines) is 2. The van der Waals surface area contributed by atoms with Crippen LogP contribution >= 0.6 is 0 Å². The third-order valence-electron chi connectivity index (χ3n) is 3.30. The van der Waals surface area contributed by atoms with Crippen LogP contribution in [0.3, 0.4) is 0 Å². The molecule has 0 saturated carbocycles. The summed E-state index contributed by atoms with van der Waals surface area (Å²) in [7, 11) is 0. The maximum absolute atomic E-state index is 11.5. The van der Waals surface area contributed by atoms with Gasteiger partial charge in [-0.1, -0.05) is 18.8 Å². The number of carbonyl (C=O) groups is 1. The third-order valence-corrected chi connectivity index (χ3v) is 3.30. The number of rotatable bonds is 2. The fourth-order valence-electron chi connectivity index (χ4n) is 2.38. The Kier molecular flexibility index (Phi) is 3.84. The zero-order chi connectivity index (χ0) is 11.4. The molecule has 16 heavy (non-hydrogen) atoms. The Hall–Kier alpha value is -1.01. The van der Waals surface area contributed by atoms with E-state index < -0.39 is 0 Å². The van der Waals surface area contributed by atoms with Gasteiger partial charge >= 0.3 is 0 Å². The molecule has 0 N–H and O–H groups in total. The molecule has 0 aromatic carbocycles. The lowest BCUT2D eigenvalue weighted by Crippen LogP contribution is -2.25. The van der Waals surface area contributed by atoms with Crippen LogP contribution in [0.2, 0.25) is 0 Å². The molecule has 2 rings (SSSR count). The molecule has 2 heterocycles. The summed E-state index contributed by atoms with van der Waals surface area (Å²) in [6.45, 7) is 6.88. The average Bonchev–Trinajstić information content (AvgIpc) is 2.84. The molecule has 3 nitrogen and oxygen atoms in total. The SMILES string of the molecule is C[C@@H]1CC(=O)N(CC#CCN2CCCC2)C1. The van der Waals surface area contributed by atoms with Gasteiger partial charge in [0.15, 0.2) is 0 Å². The van der Waals surface area contributed by atoms with Gasteiger partial charge in [-0.25, -0.2) is 0 Å². The molecule has 2 saturated heterocycles. The Balaban J connectivity index is 1.70. The molecule has 0 radical (unpaired) electrons. The summed E-state index contributed by atoms with van der Waals surface area (Å²) in [5.41, 5.74) is 0. The molecule has 0 spiro atoms. The topological polar surface area (TPSA) is 23.6 Å². The van der Waals surface area contributed by atoms with Gasteiger partial charge in [0.2, 0.25) is 5.91 Å². The molecule has 0 aromatic heterocycles. The third kappa shape index (κ3) is 2.99. The lowest BCUT2D eigenvalue weighted by molar-refractivity contribution is -0.127. The minimum atomic E-state index is 0.267. The monoisotopic (exact) mass is 220 g/mol. The van der Waals surface area contributed by atoms with Crippen molar-refractivity contribution in [2.24, 2.45) is 5.92 Å². The normalized spacial score (nSPS) is 25.9. The Morgan fingerprint density at radius 1 is 1.25 bits per heavy atom. The van der Waals surface area contributed by atoms with E-state index in [1.54, 1.807) is 0 Å². The van der Waals surface area contributed by atoms with Gasteiger partial charge < -0.3 is 4.90 Å². The first-order valence-electron chi connectivity index (χ1n) is 6.21. The van der Waals surface area contributed by atoms with Gasteiger partial charge in [-0.15, -0.1) is 0 Å². The first-order valence-corrected chi connectivity index (χ1v) is 6.21. The molecule has 0 aliphatic carbocycles. The molecule has 0 unspecified atom stereocenters. The van der Waals surface area contributed by atoms with Crippen LogP contribution in [0.4, 0.5) is 0 Å². The average molecular weight is 220 g/mol. The van der Waals surface area contributed by atoms with E-state index in [9.17, 15) is 4.79 Å². The van der Waals surface area contributed by atoms with E-state index in [4.69, 9.17) is 0 Å². The molecule has 0 bridgehead atoms. The highest BCUT2D eigenvalue weighted by atomic mass is 16.2. The predicted octanol–water partition coefficient (Wildman–Crippen LogP) is 0.954. The molecule has 2 aliphatic rings. The maximum Gasteiger partial charge on any atom is 0.223 e. The zero-order valence-electron chi connectivity index (χ0n) is 10.0. The van der Waals surface area contributed by atoms with E-state index in [2.05, 4.69) is 23.7 Å². The Morgan fingerprint density at radius 3 is 2.56 bits per heavy atom. The van der Waals surface area contributed by atoms with Crippen molar-refractivity contribution in [1.82, 2.24) is 9.80 Å². The van der Waals surface area contributed by atoms with E-state index in [-0.39, 0.29) is 5.91 Å². The van der Waals surface area contributed by atoms with Crippen LogP contribution in [0.1, 0.15) is 26.2 Å². The second kappa shape index (κ2) is 5.36. The molecule has 2 aliphatic heterocycles. The molecule has 1 atom stereocenters. The highest BCUT2D eigenvalue weighted by molar-refractivity contribution is 5.78. The lowest BCUT2D eigenvalue weighted by atomic mass is 10.2. The standard InChI is InChI=1S/C13H20N2O/c1-12-10-13(16)15(11-12)9-5-4-8-14-6-2-3-7-14/h12H,2-3,6-11H2,1H3/t12-/m1/s1. The zero-order valence-corrected chi connectivity index (χ0v) is 10.0. The van der Waals surface area contributed by atoms with Crippen LogP contribution in [-0.2, 0) is 4.79 Å². The van der Waals surface area contributed by atoms with Crippen molar-refractivity contribution in [2.75, 3.05) is 32.7 Å². The summed E-state index contributed by atoms with van der Waals surface area (Å²) >= 11 is 0. The van der Waals surface area contributed by atoms with Crippen LogP contribution in [0.25, 0.3) is 0 Å². The van der Waals surface area contributed by atoms with E-state index in [0.717, 1.165) is 13.1 Å². The fraction of sp³-hybridized carbons (Fsp3) is 0.769. The quantitative estimate of drug-likeness (QED) is 0.647. The summed E-state index contributed by atoms with van der Waals surface area (Å²) in [4.78, 5) is 15.7. The van der Waals surface area contributed by atoms with Crippen molar-refractivity contribution >= 4 is 5.91 Å². The maximum atomic E-state index is 11.5. The summed E-state index contributed by atoms with van der Waals surface area (Å²) in [5.74, 6) is 7.06. The first kappa shape index (κ1) is 11.5. The second-order valence-corrected chi connectivity index (χ2v) is 4.92. The minimum Gasteiger partial charge on any atom is -0.331 e. The van der Waals surface area contributed by atoms with Crippen LogP contribution in [0.5, 0.6) is 0 Å². The summed E-state index contributed by atoms with van der Waals surface area (Å²) < 4.78 is 0. The Morgan fingerprint density at radius 2 is 1.94 bits per heavy atom. The first-order chi connectivity index (χ1) is 7.75. The van der Waals surface area contributed by atoms with Gasteiger partial charge in [0.1, 0.15) is 0 Å². The molecule has 2 fully saturated rings. The van der Waals surface area contributed by atoms with Crippen LogP contribution in [-0.4, -0.2) is 48.4 Å². The minimum absolute atomic E-state index is 0.267. The molecule has 3 heteroatoms. The highest BCUT2D eigenvalue weighted by Gasteiger charge is 2.25. The number of amides is 1. The van der Waals surface area contributed by atoms with Crippen molar-refractivity contribution in [1.29, 1.82) is 0 Å². The molecule has 1 amide bonds. The number of hydrogen-bond donors (Lipinski definition) is 0. The van der Waals surface area contributed by atoms with E-state index in [0.29, 0.717) is 18.9 Å². The van der Waals surface area contributed by atoms with Gasteiger partial charge in [-0.05, 0) is 31.8 Å². The van der Waals surface area contributed by atoms with Crippen molar-refractivity contribution in [3.8, 4) is 11.8 Å². The Bertz CT molecular complexity index is 310. The number of hydrogen-bond acceptors (Lipinski definition) is 2. The second-order valence-electron chi connectivity index (χ2n) is 4.92. The molecular formula is C13H20N2O. The van der Waals surface area contributed by atoms with E-state index in [1.165, 1.54) is 25.9 Å². The molecule has 0 aromatic rings. The van der Waals surface area contributed by atoms with Gasteiger partial charge in [0, 0.05) is 13.0 Å². The van der Waals surface area contributed by atoms with Gasteiger partial charge in [-0.2, -0.15) is 0 Å². The predicted molar refractivity (Wildman–Crippen MR) is 63.8 cm³/mol. The van der Waals surface area contributed by atoms with Gasteiger partial charge in [-0.3, -0.25) is 9.69 Å². The summed E-state index contributed by atoms with van der Waals surface area (Å²) in [5, 5.41) is 0. The summed E-state index contributed by atoms with van der Waals surface area (Å²) in [6, 6.07) is 0. The van der Waals surface area contributed by atoms with E-state index in [1.807, 2.05) is 4.90 Å². The summed E-state index contributed by atoms with van der Waals surface area (Å²) in [6.07, 6.45) is 3.32. The molecule has 88 valence electrons. The van der Waals surface area contributed by atoms with Crippen molar-refractivity contribution in [2.45, 2.75) is 26.2 Å². The van der Waals surface area contributed by atoms with Crippen LogP contribution < -0.4 is 0 Å². The van der Waals surface area contributed by atoms with Crippen LogP contribution in [0.15, 0.2) is 0 Å². The van der Waals surface area contributed by atoms with Crippen molar-refractivity contribution in [3.63, 3.8) is 0 Å². The number of carbonyl (C=O) groups excluding carboxylic acids is 1. The lowest BCUT2D eigenvalue weighted by Gasteiger charge is -2.12. The Labute approximate surface area is 97.8 Å². The van der Waals surface area contributed by atoms with Crippen LogP contribution in [0, 0.1) is 17.8 Å². The fourth-order valence-corrected chi connectivity index (χ4v) is 2.38. The highest BCUT2D eigenvalue weighted by Crippen LogP contribution is 2.15. The van der Waals surface area contributed by atoms with E-state index >= 15 is 0 Å². The largest absolute Gasteiger partial charge is 0.331 e.